The molecule has 2 heterocycles. The fourth-order valence-electron chi connectivity index (χ4n) is 1.25. The molecule has 88 valence electrons. The minimum atomic E-state index is 0.531. The smallest absolute Gasteiger partial charge is 0.206 e. The molecule has 0 aliphatic heterocycles. The largest absolute Gasteiger partial charge is 0.362 e. The molecule has 0 amide bonds. The van der Waals surface area contributed by atoms with Crippen LogP contribution in [0.4, 0.5) is 5.95 Å². The molecule has 0 spiro atoms. The van der Waals surface area contributed by atoms with Crippen LogP contribution in [-0.2, 0) is 6.42 Å². The second-order valence-corrected chi connectivity index (χ2v) is 3.67. The zero-order valence-corrected chi connectivity index (χ0v) is 9.87. The number of H-pyrrole nitrogens is 1. The Kier molecular flexibility index (Phi) is 3.98. The van der Waals surface area contributed by atoms with Gasteiger partial charge in [0.25, 0.3) is 0 Å². The van der Waals surface area contributed by atoms with E-state index < -0.39 is 0 Å². The first kappa shape index (κ1) is 11.5. The lowest BCUT2D eigenvalue weighted by Crippen LogP contribution is -2.30. The molecule has 17 heavy (non-hydrogen) atoms. The summed E-state index contributed by atoms with van der Waals surface area (Å²) in [5, 5.41) is 6.52. The molecule has 0 radical (unpaired) electrons. The third kappa shape index (κ3) is 3.80. The molecule has 0 unspecified atom stereocenters. The Bertz CT molecular complexity index is 455. The van der Waals surface area contributed by atoms with Gasteiger partial charge in [-0.3, -0.25) is 9.97 Å². The van der Waals surface area contributed by atoms with Crippen molar-refractivity contribution >= 4 is 23.3 Å². The van der Waals surface area contributed by atoms with E-state index >= 15 is 0 Å². The van der Waals surface area contributed by atoms with E-state index in [-0.39, 0.29) is 0 Å². The summed E-state index contributed by atoms with van der Waals surface area (Å²) < 4.78 is 0. The molecule has 2 aromatic heterocycles. The van der Waals surface area contributed by atoms with Crippen molar-refractivity contribution < 1.29 is 0 Å². The van der Waals surface area contributed by atoms with E-state index in [0.29, 0.717) is 17.6 Å². The third-order valence-electron chi connectivity index (χ3n) is 2.01. The van der Waals surface area contributed by atoms with Crippen LogP contribution in [0.2, 0.25) is 0 Å². The molecule has 7 heteroatoms. The maximum Gasteiger partial charge on any atom is 0.206 e. The Morgan fingerprint density at radius 3 is 2.94 bits per heavy atom. The Labute approximate surface area is 104 Å². The zero-order valence-electron chi connectivity index (χ0n) is 9.05. The maximum absolute atomic E-state index is 5.10. The molecule has 6 nitrogen and oxygen atoms in total. The average Bonchev–Trinajstić information content (AvgIpc) is 2.83. The topological polar surface area (TPSA) is 78.5 Å². The lowest BCUT2D eigenvalue weighted by Gasteiger charge is -2.07. The fourth-order valence-corrected chi connectivity index (χ4v) is 1.45. The van der Waals surface area contributed by atoms with Crippen molar-refractivity contribution in [1.82, 2.24) is 25.3 Å². The normalized spacial score (nSPS) is 9.88. The fraction of sp³-hybridized carbons (Fsp3) is 0.200. The van der Waals surface area contributed by atoms with Gasteiger partial charge in [0.05, 0.1) is 5.69 Å². The minimum Gasteiger partial charge on any atom is -0.362 e. The van der Waals surface area contributed by atoms with Gasteiger partial charge in [0, 0.05) is 43.9 Å². The molecule has 0 atom stereocenters. The SMILES string of the molecule is S=C(NCCc1cnccn1)Nc1ncc[nH]1. The number of aromatic amines is 1. The van der Waals surface area contributed by atoms with Crippen molar-refractivity contribution in [3.8, 4) is 0 Å². The number of hydrogen-bond donors (Lipinski definition) is 3. The Balaban J connectivity index is 1.70. The van der Waals surface area contributed by atoms with Crippen LogP contribution in [0, 0.1) is 0 Å². The van der Waals surface area contributed by atoms with Gasteiger partial charge >= 0.3 is 0 Å². The maximum atomic E-state index is 5.10. The van der Waals surface area contributed by atoms with Gasteiger partial charge in [0.2, 0.25) is 5.95 Å². The number of thiocarbonyl (C=S) groups is 1. The van der Waals surface area contributed by atoms with Gasteiger partial charge in [0.15, 0.2) is 5.11 Å². The molecule has 0 bridgehead atoms. The predicted octanol–water partition coefficient (Wildman–Crippen LogP) is 0.729. The second kappa shape index (κ2) is 5.90. The van der Waals surface area contributed by atoms with E-state index in [0.717, 1.165) is 12.1 Å². The van der Waals surface area contributed by atoms with E-state index in [1.807, 2.05) is 0 Å². The highest BCUT2D eigenvalue weighted by molar-refractivity contribution is 7.80. The number of nitrogens with zero attached hydrogens (tertiary/aromatic N) is 3. The Hall–Kier alpha value is -2.02. The van der Waals surface area contributed by atoms with Crippen LogP contribution in [0.3, 0.4) is 0 Å². The number of hydrogen-bond acceptors (Lipinski definition) is 4. The van der Waals surface area contributed by atoms with Crippen molar-refractivity contribution in [2.45, 2.75) is 6.42 Å². The van der Waals surface area contributed by atoms with Crippen LogP contribution in [0.5, 0.6) is 0 Å². The van der Waals surface area contributed by atoms with Gasteiger partial charge in [-0.1, -0.05) is 0 Å². The Morgan fingerprint density at radius 2 is 2.24 bits per heavy atom. The van der Waals surface area contributed by atoms with Crippen molar-refractivity contribution in [3.63, 3.8) is 0 Å². The molecular formula is C10H12N6S. The summed E-state index contributed by atoms with van der Waals surface area (Å²) in [6.07, 6.45) is 9.22. The number of rotatable bonds is 4. The summed E-state index contributed by atoms with van der Waals surface area (Å²) in [6, 6.07) is 0. The third-order valence-corrected chi connectivity index (χ3v) is 2.26. The number of imidazole rings is 1. The molecule has 0 aliphatic rings. The van der Waals surface area contributed by atoms with E-state index in [2.05, 4.69) is 30.6 Å². The van der Waals surface area contributed by atoms with Gasteiger partial charge in [-0.25, -0.2) is 4.98 Å². The quantitative estimate of drug-likeness (QED) is 0.692. The number of nitrogens with one attached hydrogen (secondary N) is 3. The van der Waals surface area contributed by atoms with Crippen LogP contribution in [0.15, 0.2) is 31.0 Å². The van der Waals surface area contributed by atoms with Crippen LogP contribution in [-0.4, -0.2) is 31.6 Å². The summed E-state index contributed by atoms with van der Waals surface area (Å²) in [5.74, 6) is 0.627. The summed E-state index contributed by atoms with van der Waals surface area (Å²) in [7, 11) is 0. The van der Waals surface area contributed by atoms with E-state index in [1.54, 1.807) is 31.0 Å². The molecule has 0 aliphatic carbocycles. The molecule has 0 fully saturated rings. The van der Waals surface area contributed by atoms with Crippen molar-refractivity contribution in [3.05, 3.63) is 36.7 Å². The average molecular weight is 248 g/mol. The van der Waals surface area contributed by atoms with Gasteiger partial charge in [-0.05, 0) is 12.2 Å². The molecule has 2 aromatic rings. The zero-order chi connectivity index (χ0) is 11.9. The highest BCUT2D eigenvalue weighted by atomic mass is 32.1. The van der Waals surface area contributed by atoms with Crippen LogP contribution in [0.25, 0.3) is 0 Å². The van der Waals surface area contributed by atoms with Gasteiger partial charge in [0.1, 0.15) is 0 Å². The Morgan fingerprint density at radius 1 is 1.29 bits per heavy atom. The molecule has 2 rings (SSSR count). The summed E-state index contributed by atoms with van der Waals surface area (Å²) in [6.45, 7) is 0.700. The number of anilines is 1. The van der Waals surface area contributed by atoms with Crippen molar-refractivity contribution in [2.24, 2.45) is 0 Å². The van der Waals surface area contributed by atoms with E-state index in [4.69, 9.17) is 12.2 Å². The second-order valence-electron chi connectivity index (χ2n) is 3.27. The standard InChI is InChI=1S/C10H12N6S/c17-10(16-9-13-5-6-14-9)15-2-1-8-7-11-3-4-12-8/h3-7H,1-2H2,(H3,13,14,15,16,17). The number of aromatic nitrogens is 4. The summed E-state index contributed by atoms with van der Waals surface area (Å²) in [5.41, 5.74) is 0.931. The lowest BCUT2D eigenvalue weighted by atomic mass is 10.3. The molecular weight excluding hydrogens is 236 g/mol. The van der Waals surface area contributed by atoms with Crippen molar-refractivity contribution in [1.29, 1.82) is 0 Å². The monoisotopic (exact) mass is 248 g/mol. The van der Waals surface area contributed by atoms with E-state index in [9.17, 15) is 0 Å². The van der Waals surface area contributed by atoms with Gasteiger partial charge in [-0.2, -0.15) is 0 Å². The van der Waals surface area contributed by atoms with Crippen LogP contribution >= 0.6 is 12.2 Å². The first-order chi connectivity index (χ1) is 8.34. The van der Waals surface area contributed by atoms with Gasteiger partial charge in [-0.15, -0.1) is 0 Å². The predicted molar refractivity (Wildman–Crippen MR) is 68.5 cm³/mol. The first-order valence-corrected chi connectivity index (χ1v) is 5.54. The molecule has 0 saturated heterocycles. The van der Waals surface area contributed by atoms with Crippen LogP contribution < -0.4 is 10.6 Å². The molecule has 0 saturated carbocycles. The summed E-state index contributed by atoms with van der Waals surface area (Å²) in [4.78, 5) is 15.1. The van der Waals surface area contributed by atoms with E-state index in [1.165, 1.54) is 0 Å². The lowest BCUT2D eigenvalue weighted by molar-refractivity contribution is 0.839. The van der Waals surface area contributed by atoms with Crippen LogP contribution in [0.1, 0.15) is 5.69 Å². The highest BCUT2D eigenvalue weighted by Crippen LogP contribution is 1.94. The van der Waals surface area contributed by atoms with Gasteiger partial charge < -0.3 is 15.6 Å². The minimum absolute atomic E-state index is 0.531. The molecule has 0 aromatic carbocycles. The molecule has 3 N–H and O–H groups in total. The van der Waals surface area contributed by atoms with Crippen molar-refractivity contribution in [2.75, 3.05) is 11.9 Å². The first-order valence-electron chi connectivity index (χ1n) is 5.14. The highest BCUT2D eigenvalue weighted by Gasteiger charge is 1.99. The summed E-state index contributed by atoms with van der Waals surface area (Å²) >= 11 is 5.10.